The number of epoxide rings is 1. The molecule has 2 atom stereocenters. The Hall–Kier alpha value is -1.60. The lowest BCUT2D eigenvalue weighted by molar-refractivity contribution is 0.396. The Labute approximate surface area is 88.0 Å². The molecular formula is C14H10O. The molecule has 72 valence electrons. The summed E-state index contributed by atoms with van der Waals surface area (Å²) in [6.07, 6.45) is 4.98. The van der Waals surface area contributed by atoms with Crippen molar-refractivity contribution in [3.05, 3.63) is 53.6 Å². The molecule has 2 aromatic carbocycles. The van der Waals surface area contributed by atoms with E-state index >= 15 is 0 Å². The Kier molecular flexibility index (Phi) is 1.28. The summed E-state index contributed by atoms with van der Waals surface area (Å²) in [7, 11) is 0. The zero-order valence-corrected chi connectivity index (χ0v) is 8.18. The summed E-state index contributed by atoms with van der Waals surface area (Å²) >= 11 is 0. The molecule has 1 saturated heterocycles. The van der Waals surface area contributed by atoms with Crippen molar-refractivity contribution in [2.75, 3.05) is 0 Å². The minimum absolute atomic E-state index is 0.316. The largest absolute Gasteiger partial charge is 0.360 e. The first-order valence-electron chi connectivity index (χ1n) is 5.29. The van der Waals surface area contributed by atoms with Crippen LogP contribution in [0.25, 0.3) is 16.8 Å². The molecule has 0 bridgehead atoms. The maximum Gasteiger partial charge on any atom is 0.114 e. The molecule has 0 aromatic heterocycles. The Morgan fingerprint density at radius 1 is 1.00 bits per heavy atom. The van der Waals surface area contributed by atoms with E-state index in [9.17, 15) is 0 Å². The normalized spacial score (nSPS) is 26.1. The van der Waals surface area contributed by atoms with Gasteiger partial charge in [0.2, 0.25) is 0 Å². The van der Waals surface area contributed by atoms with E-state index in [2.05, 4.69) is 48.6 Å². The van der Waals surface area contributed by atoms with Crippen molar-refractivity contribution < 1.29 is 4.74 Å². The molecule has 1 heteroatoms. The number of hydrogen-bond donors (Lipinski definition) is 0. The van der Waals surface area contributed by atoms with Gasteiger partial charge in [0.25, 0.3) is 0 Å². The van der Waals surface area contributed by atoms with E-state index in [4.69, 9.17) is 4.74 Å². The van der Waals surface area contributed by atoms with Gasteiger partial charge in [-0.25, -0.2) is 0 Å². The molecule has 0 unspecified atom stereocenters. The topological polar surface area (TPSA) is 12.5 Å². The molecule has 1 aliphatic heterocycles. The third-order valence-electron chi connectivity index (χ3n) is 3.28. The van der Waals surface area contributed by atoms with Crippen LogP contribution in [-0.2, 0) is 4.74 Å². The molecule has 4 rings (SSSR count). The lowest BCUT2D eigenvalue weighted by Gasteiger charge is -2.10. The minimum Gasteiger partial charge on any atom is -0.360 e. The third kappa shape index (κ3) is 0.959. The second-order valence-electron chi connectivity index (χ2n) is 4.17. The highest BCUT2D eigenvalue weighted by atomic mass is 16.6. The molecule has 0 saturated carbocycles. The molecule has 2 aromatic rings. The molecule has 2 aliphatic rings. The summed E-state index contributed by atoms with van der Waals surface area (Å²) in [6, 6.07) is 12.9. The predicted molar refractivity (Wildman–Crippen MR) is 60.6 cm³/mol. The zero-order valence-electron chi connectivity index (χ0n) is 8.18. The Morgan fingerprint density at radius 3 is 2.93 bits per heavy atom. The third-order valence-corrected chi connectivity index (χ3v) is 3.28. The van der Waals surface area contributed by atoms with Gasteiger partial charge in [0.15, 0.2) is 0 Å². The fourth-order valence-corrected chi connectivity index (χ4v) is 2.48. The highest BCUT2D eigenvalue weighted by Gasteiger charge is 2.42. The van der Waals surface area contributed by atoms with Crippen LogP contribution >= 0.6 is 0 Å². The maximum absolute atomic E-state index is 5.63. The van der Waals surface area contributed by atoms with E-state index in [1.165, 1.54) is 21.9 Å². The molecule has 0 spiro atoms. The first kappa shape index (κ1) is 7.66. The van der Waals surface area contributed by atoms with E-state index in [0.717, 1.165) is 0 Å². The van der Waals surface area contributed by atoms with Crippen molar-refractivity contribution in [3.8, 4) is 0 Å². The van der Waals surface area contributed by atoms with Crippen LogP contribution in [0.2, 0.25) is 0 Å². The van der Waals surface area contributed by atoms with E-state index in [1.54, 1.807) is 0 Å². The van der Waals surface area contributed by atoms with Gasteiger partial charge in [0.05, 0.1) is 0 Å². The first-order chi connectivity index (χ1) is 7.43. The Bertz CT molecular complexity index is 583. The SMILES string of the molecule is C1=C[C@@H]2O[C@@H]2c2c1ccc1ccccc21. The number of rotatable bonds is 0. The zero-order chi connectivity index (χ0) is 9.83. The van der Waals surface area contributed by atoms with Crippen molar-refractivity contribution in [1.29, 1.82) is 0 Å². The smallest absolute Gasteiger partial charge is 0.114 e. The van der Waals surface area contributed by atoms with Crippen LogP contribution in [-0.4, -0.2) is 6.10 Å². The van der Waals surface area contributed by atoms with E-state index in [-0.39, 0.29) is 0 Å². The van der Waals surface area contributed by atoms with Gasteiger partial charge in [-0.15, -0.1) is 0 Å². The van der Waals surface area contributed by atoms with Crippen LogP contribution in [0.4, 0.5) is 0 Å². The van der Waals surface area contributed by atoms with E-state index < -0.39 is 0 Å². The molecule has 1 fully saturated rings. The standard InChI is InChI=1S/C14H10O/c1-2-4-11-9(3-1)5-6-10-7-8-12-14(15-12)13(10)11/h1-8,12,14H/t12-,14-/m0/s1. The fourth-order valence-electron chi connectivity index (χ4n) is 2.48. The van der Waals surface area contributed by atoms with Gasteiger partial charge in [-0.2, -0.15) is 0 Å². The number of fused-ring (bicyclic) bond motifs is 5. The average molecular weight is 194 g/mol. The van der Waals surface area contributed by atoms with Crippen LogP contribution in [0.15, 0.2) is 42.5 Å². The molecule has 0 amide bonds. The summed E-state index contributed by atoms with van der Waals surface area (Å²) < 4.78 is 5.63. The first-order valence-corrected chi connectivity index (χ1v) is 5.29. The van der Waals surface area contributed by atoms with E-state index in [0.29, 0.717) is 12.2 Å². The molecule has 0 radical (unpaired) electrons. The van der Waals surface area contributed by atoms with Crippen LogP contribution < -0.4 is 0 Å². The quantitative estimate of drug-likeness (QED) is 0.586. The number of ether oxygens (including phenoxy) is 1. The summed E-state index contributed by atoms with van der Waals surface area (Å²) in [5.41, 5.74) is 2.69. The van der Waals surface area contributed by atoms with Crippen LogP contribution in [0.3, 0.4) is 0 Å². The van der Waals surface area contributed by atoms with Gasteiger partial charge >= 0.3 is 0 Å². The van der Waals surface area contributed by atoms with Gasteiger partial charge in [-0.1, -0.05) is 48.6 Å². The Balaban J connectivity index is 2.15. The lowest BCUT2D eigenvalue weighted by atomic mass is 9.92. The maximum atomic E-state index is 5.63. The van der Waals surface area contributed by atoms with E-state index in [1.807, 2.05) is 0 Å². The summed E-state index contributed by atoms with van der Waals surface area (Å²) in [5.74, 6) is 0. The molecular weight excluding hydrogens is 184 g/mol. The molecule has 15 heavy (non-hydrogen) atoms. The van der Waals surface area contributed by atoms with Crippen molar-refractivity contribution in [2.45, 2.75) is 12.2 Å². The molecule has 1 heterocycles. The fraction of sp³-hybridized carbons (Fsp3) is 0.143. The van der Waals surface area contributed by atoms with Crippen LogP contribution in [0.1, 0.15) is 17.2 Å². The predicted octanol–water partition coefficient (Wildman–Crippen LogP) is 3.31. The van der Waals surface area contributed by atoms with Crippen LogP contribution in [0.5, 0.6) is 0 Å². The van der Waals surface area contributed by atoms with Crippen LogP contribution in [0, 0.1) is 0 Å². The van der Waals surface area contributed by atoms with Gasteiger partial charge in [0.1, 0.15) is 12.2 Å². The second kappa shape index (κ2) is 2.50. The highest BCUT2D eigenvalue weighted by molar-refractivity contribution is 5.90. The average Bonchev–Trinajstić information content (AvgIpc) is 3.07. The monoisotopic (exact) mass is 194 g/mol. The molecule has 1 aliphatic carbocycles. The van der Waals surface area contributed by atoms with Crippen molar-refractivity contribution >= 4 is 16.8 Å². The lowest BCUT2D eigenvalue weighted by Crippen LogP contribution is -1.96. The second-order valence-corrected chi connectivity index (χ2v) is 4.17. The van der Waals surface area contributed by atoms with Crippen molar-refractivity contribution in [2.24, 2.45) is 0 Å². The van der Waals surface area contributed by atoms with Gasteiger partial charge in [-0.3, -0.25) is 0 Å². The number of benzene rings is 2. The van der Waals surface area contributed by atoms with Gasteiger partial charge < -0.3 is 4.74 Å². The van der Waals surface area contributed by atoms with Gasteiger partial charge in [0, 0.05) is 0 Å². The van der Waals surface area contributed by atoms with Crippen molar-refractivity contribution in [1.82, 2.24) is 0 Å². The molecule has 1 nitrogen and oxygen atoms in total. The highest BCUT2D eigenvalue weighted by Crippen LogP contribution is 2.47. The molecule has 0 N–H and O–H groups in total. The summed E-state index contributed by atoms with van der Waals surface area (Å²) in [6.45, 7) is 0. The summed E-state index contributed by atoms with van der Waals surface area (Å²) in [5, 5.41) is 2.65. The minimum atomic E-state index is 0.316. The summed E-state index contributed by atoms with van der Waals surface area (Å²) in [4.78, 5) is 0. The van der Waals surface area contributed by atoms with Crippen molar-refractivity contribution in [3.63, 3.8) is 0 Å². The van der Waals surface area contributed by atoms with Gasteiger partial charge in [-0.05, 0) is 21.9 Å². The number of hydrogen-bond acceptors (Lipinski definition) is 1. The Morgan fingerprint density at radius 2 is 1.93 bits per heavy atom.